The van der Waals surface area contributed by atoms with Gasteiger partial charge >= 0.3 is 6.18 Å². The van der Waals surface area contributed by atoms with Crippen LogP contribution in [-0.4, -0.2) is 33.6 Å². The van der Waals surface area contributed by atoms with Crippen molar-refractivity contribution in [2.24, 2.45) is 10.4 Å². The Hall–Kier alpha value is -0.363. The summed E-state index contributed by atoms with van der Waals surface area (Å²) in [5.41, 5.74) is -0.222. The van der Waals surface area contributed by atoms with Gasteiger partial charge in [0.05, 0.1) is 12.1 Å². The molecule has 0 aliphatic carbocycles. The molecular formula is C13H26F3NOSi. The lowest BCUT2D eigenvalue weighted by atomic mass is 9.83. The van der Waals surface area contributed by atoms with Crippen molar-refractivity contribution in [3.05, 3.63) is 0 Å². The molecule has 0 aliphatic heterocycles. The summed E-state index contributed by atoms with van der Waals surface area (Å²) in [5, 5.41) is 0. The molecule has 2 nitrogen and oxygen atoms in total. The van der Waals surface area contributed by atoms with Crippen LogP contribution in [-0.2, 0) is 4.43 Å². The largest absolute Gasteiger partial charge is 0.426 e. The normalized spacial score (nSPS) is 17.2. The molecular weight excluding hydrogens is 271 g/mol. The van der Waals surface area contributed by atoms with E-state index in [0.29, 0.717) is 6.42 Å². The summed E-state index contributed by atoms with van der Waals surface area (Å²) < 4.78 is 42.8. The first-order valence-corrected chi connectivity index (χ1v) is 9.52. The Bertz CT molecular complexity index is 285. The minimum absolute atomic E-state index is 0.108. The van der Waals surface area contributed by atoms with Crippen molar-refractivity contribution in [1.29, 1.82) is 0 Å². The maximum Gasteiger partial charge on any atom is 0.426 e. The number of hydrogen-bond acceptors (Lipinski definition) is 2. The molecule has 6 heteroatoms. The third-order valence-corrected chi connectivity index (χ3v) is 3.46. The van der Waals surface area contributed by atoms with Gasteiger partial charge in [0, 0.05) is 0 Å². The summed E-state index contributed by atoms with van der Waals surface area (Å²) in [6.07, 6.45) is -3.12. The van der Waals surface area contributed by atoms with E-state index in [0.717, 1.165) is 6.42 Å². The average Bonchev–Trinajstić information content (AvgIpc) is 2.18. The van der Waals surface area contributed by atoms with Crippen LogP contribution in [0, 0.1) is 5.41 Å². The van der Waals surface area contributed by atoms with Gasteiger partial charge in [-0.25, -0.2) is 0 Å². The molecule has 0 saturated carbocycles. The van der Waals surface area contributed by atoms with Crippen molar-refractivity contribution < 1.29 is 17.6 Å². The van der Waals surface area contributed by atoms with Gasteiger partial charge in [-0.3, -0.25) is 4.99 Å². The molecule has 0 aliphatic rings. The molecule has 0 amide bonds. The summed E-state index contributed by atoms with van der Waals surface area (Å²) in [6, 6.07) is -0.429. The predicted molar refractivity (Wildman–Crippen MR) is 76.4 cm³/mol. The third-order valence-electron chi connectivity index (χ3n) is 2.62. The smallest absolute Gasteiger partial charge is 0.415 e. The van der Waals surface area contributed by atoms with E-state index in [1.807, 2.05) is 40.8 Å². The molecule has 0 N–H and O–H groups in total. The molecule has 0 rings (SSSR count). The van der Waals surface area contributed by atoms with Gasteiger partial charge in [0.2, 0.25) is 0 Å². The minimum Gasteiger partial charge on any atom is -0.415 e. The molecule has 0 aromatic carbocycles. The summed E-state index contributed by atoms with van der Waals surface area (Å²) in [5.74, 6) is 0. The van der Waals surface area contributed by atoms with E-state index >= 15 is 0 Å². The van der Waals surface area contributed by atoms with Crippen LogP contribution in [0.4, 0.5) is 13.2 Å². The van der Waals surface area contributed by atoms with Gasteiger partial charge in [-0.15, -0.1) is 0 Å². The third kappa shape index (κ3) is 8.42. The topological polar surface area (TPSA) is 21.6 Å². The SMILES string of the molecule is CCC[C@H](N=CC(F)(F)F)C(O[SiH](C)C)C(C)(C)C. The molecule has 0 radical (unpaired) electrons. The van der Waals surface area contributed by atoms with Crippen LogP contribution in [0.15, 0.2) is 4.99 Å². The quantitative estimate of drug-likeness (QED) is 0.532. The Balaban J connectivity index is 5.11. The van der Waals surface area contributed by atoms with Crippen molar-refractivity contribution in [3.63, 3.8) is 0 Å². The second-order valence-electron chi connectivity index (χ2n) is 6.15. The van der Waals surface area contributed by atoms with Gasteiger partial charge in [0.1, 0.15) is 6.21 Å². The monoisotopic (exact) mass is 297 g/mol. The molecule has 0 saturated heterocycles. The number of aliphatic imine (C=N–C) groups is 1. The Morgan fingerprint density at radius 2 is 1.74 bits per heavy atom. The summed E-state index contributed by atoms with van der Waals surface area (Å²) in [4.78, 5) is 3.75. The molecule has 0 bridgehead atoms. The van der Waals surface area contributed by atoms with Gasteiger partial charge in [0.25, 0.3) is 0 Å². The number of hydrogen-bond donors (Lipinski definition) is 0. The fourth-order valence-electron chi connectivity index (χ4n) is 1.95. The summed E-state index contributed by atoms with van der Waals surface area (Å²) in [6.45, 7) is 12.0. The zero-order valence-corrected chi connectivity index (χ0v) is 13.9. The van der Waals surface area contributed by atoms with Crippen LogP contribution in [0.5, 0.6) is 0 Å². The molecule has 1 unspecified atom stereocenters. The lowest BCUT2D eigenvalue weighted by Gasteiger charge is -2.36. The Kier molecular flexibility index (Phi) is 7.29. The van der Waals surface area contributed by atoms with Gasteiger partial charge in [-0.2, -0.15) is 13.2 Å². The van der Waals surface area contributed by atoms with Crippen molar-refractivity contribution in [1.82, 2.24) is 0 Å². The predicted octanol–water partition coefficient (Wildman–Crippen LogP) is 4.20. The maximum atomic E-state index is 12.3. The van der Waals surface area contributed by atoms with Crippen LogP contribution in [0.25, 0.3) is 0 Å². The van der Waals surface area contributed by atoms with E-state index in [4.69, 9.17) is 4.43 Å². The molecule has 0 heterocycles. The summed E-state index contributed by atoms with van der Waals surface area (Å²) in [7, 11) is -1.33. The maximum absolute atomic E-state index is 12.3. The molecule has 0 fully saturated rings. The van der Waals surface area contributed by atoms with Crippen LogP contribution in [0.2, 0.25) is 13.1 Å². The number of halogens is 3. The van der Waals surface area contributed by atoms with Crippen molar-refractivity contribution >= 4 is 15.3 Å². The van der Waals surface area contributed by atoms with Crippen LogP contribution in [0.3, 0.4) is 0 Å². The van der Waals surface area contributed by atoms with Crippen LogP contribution in [0.1, 0.15) is 40.5 Å². The lowest BCUT2D eigenvalue weighted by Crippen LogP contribution is -2.42. The van der Waals surface area contributed by atoms with Crippen LogP contribution < -0.4 is 0 Å². The van der Waals surface area contributed by atoms with Crippen molar-refractivity contribution in [3.8, 4) is 0 Å². The van der Waals surface area contributed by atoms with Gasteiger partial charge in [-0.1, -0.05) is 34.1 Å². The number of nitrogens with zero attached hydrogens (tertiary/aromatic N) is 1. The standard InChI is InChI=1S/C13H26F3NOSi/c1-7-8-10(17-9-13(14,15)16)11(12(2,3)4)18-19(5)6/h9-11,19H,7-8H2,1-6H3/t10-,11?/m0/s1. The fourth-order valence-corrected chi connectivity index (χ4v) is 3.12. The Morgan fingerprint density at radius 3 is 2.05 bits per heavy atom. The second kappa shape index (κ2) is 7.43. The van der Waals surface area contributed by atoms with Gasteiger partial charge in [0.15, 0.2) is 9.04 Å². The highest BCUT2D eigenvalue weighted by atomic mass is 28.3. The highest BCUT2D eigenvalue weighted by Crippen LogP contribution is 2.29. The summed E-state index contributed by atoms with van der Waals surface area (Å²) >= 11 is 0. The van der Waals surface area contributed by atoms with E-state index in [1.165, 1.54) is 0 Å². The van der Waals surface area contributed by atoms with E-state index in [1.54, 1.807) is 0 Å². The lowest BCUT2D eigenvalue weighted by molar-refractivity contribution is -0.0544. The van der Waals surface area contributed by atoms with E-state index in [-0.39, 0.29) is 17.7 Å². The van der Waals surface area contributed by atoms with E-state index in [2.05, 4.69) is 4.99 Å². The molecule has 19 heavy (non-hydrogen) atoms. The average molecular weight is 297 g/mol. The second-order valence-corrected chi connectivity index (χ2v) is 8.52. The first kappa shape index (κ1) is 18.6. The van der Waals surface area contributed by atoms with Gasteiger partial charge < -0.3 is 4.43 Å². The van der Waals surface area contributed by atoms with E-state index in [9.17, 15) is 13.2 Å². The van der Waals surface area contributed by atoms with Gasteiger partial charge in [-0.05, 0) is 24.9 Å². The van der Waals surface area contributed by atoms with Crippen LogP contribution >= 0.6 is 0 Å². The molecule has 0 aromatic heterocycles. The first-order chi connectivity index (χ1) is 8.47. The highest BCUT2D eigenvalue weighted by Gasteiger charge is 2.34. The molecule has 2 atom stereocenters. The number of rotatable bonds is 6. The zero-order valence-electron chi connectivity index (χ0n) is 12.7. The first-order valence-electron chi connectivity index (χ1n) is 6.74. The molecule has 114 valence electrons. The fraction of sp³-hybridized carbons (Fsp3) is 0.923. The Morgan fingerprint density at radius 1 is 1.21 bits per heavy atom. The zero-order chi connectivity index (χ0) is 15.3. The molecule has 0 aromatic rings. The van der Waals surface area contributed by atoms with Crippen molar-refractivity contribution in [2.45, 2.75) is 72.0 Å². The highest BCUT2D eigenvalue weighted by molar-refractivity contribution is 6.48. The molecule has 0 spiro atoms. The minimum atomic E-state index is -4.36. The van der Waals surface area contributed by atoms with E-state index < -0.39 is 21.3 Å². The number of alkyl halides is 3. The van der Waals surface area contributed by atoms with Crippen molar-refractivity contribution in [2.75, 3.05) is 0 Å². The Labute approximate surface area is 116 Å².